The molecule has 3 N–H and O–H groups in total. The van der Waals surface area contributed by atoms with Crippen molar-refractivity contribution in [2.45, 2.75) is 13.8 Å². The summed E-state index contributed by atoms with van der Waals surface area (Å²) < 4.78 is 15.9. The maximum atomic E-state index is 11.9. The molecule has 11 heteroatoms. The van der Waals surface area contributed by atoms with Crippen LogP contribution in [0.1, 0.15) is 13.8 Å². The zero-order chi connectivity index (χ0) is 29.4. The van der Waals surface area contributed by atoms with Gasteiger partial charge in [0.05, 0.1) is 7.11 Å². The Balaban J connectivity index is 1.62. The molecule has 0 saturated heterocycles. The predicted molar refractivity (Wildman–Crippen MR) is 156 cm³/mol. The molecule has 1 aromatic heterocycles. The minimum atomic E-state index is -0.532. The number of anilines is 6. The quantitative estimate of drug-likeness (QED) is 0.113. The van der Waals surface area contributed by atoms with Gasteiger partial charge in [-0.3, -0.25) is 0 Å². The Hall–Kier alpha value is -5.71. The molecule has 208 valence electrons. The van der Waals surface area contributed by atoms with Crippen LogP contribution in [0.25, 0.3) is 0 Å². The van der Waals surface area contributed by atoms with Crippen molar-refractivity contribution < 1.29 is 23.8 Å². The van der Waals surface area contributed by atoms with E-state index in [0.29, 0.717) is 28.6 Å². The van der Waals surface area contributed by atoms with Gasteiger partial charge in [-0.1, -0.05) is 25.3 Å². The van der Waals surface area contributed by atoms with Crippen LogP contribution in [0, 0.1) is 0 Å². The van der Waals surface area contributed by atoms with E-state index < -0.39 is 11.9 Å². The molecular weight excluding hydrogens is 524 g/mol. The fourth-order valence-electron chi connectivity index (χ4n) is 3.27. The maximum Gasteiger partial charge on any atom is 0.338 e. The average molecular weight is 553 g/mol. The van der Waals surface area contributed by atoms with Crippen molar-refractivity contribution in [1.29, 1.82) is 0 Å². The van der Waals surface area contributed by atoms with Crippen molar-refractivity contribution in [3.8, 4) is 17.2 Å². The fourth-order valence-corrected chi connectivity index (χ4v) is 3.27. The molecule has 4 rings (SSSR count). The lowest BCUT2D eigenvalue weighted by Crippen LogP contribution is -2.09. The fraction of sp³-hybridized carbons (Fsp3) is 0.100. The van der Waals surface area contributed by atoms with Gasteiger partial charge in [0.1, 0.15) is 17.2 Å². The summed E-state index contributed by atoms with van der Waals surface area (Å²) >= 11 is 0. The van der Waals surface area contributed by atoms with Crippen LogP contribution < -0.4 is 30.2 Å². The molecule has 3 aromatic carbocycles. The van der Waals surface area contributed by atoms with E-state index >= 15 is 0 Å². The van der Waals surface area contributed by atoms with Crippen LogP contribution in [-0.4, -0.2) is 34.0 Å². The van der Waals surface area contributed by atoms with Gasteiger partial charge >= 0.3 is 11.9 Å². The van der Waals surface area contributed by atoms with E-state index in [9.17, 15) is 9.59 Å². The first-order valence-electron chi connectivity index (χ1n) is 12.3. The summed E-state index contributed by atoms with van der Waals surface area (Å²) in [6.07, 6.45) is 0. The third kappa shape index (κ3) is 8.14. The number of methoxy groups -OCH3 is 1. The van der Waals surface area contributed by atoms with E-state index in [0.717, 1.165) is 5.69 Å². The molecule has 0 amide bonds. The number of hydrogen-bond donors (Lipinski definition) is 3. The number of rotatable bonds is 11. The molecule has 0 aliphatic heterocycles. The molecule has 0 aliphatic carbocycles. The largest absolute Gasteiger partial charge is 0.497 e. The summed E-state index contributed by atoms with van der Waals surface area (Å²) in [6.45, 7) is 10.3. The molecule has 0 atom stereocenters. The van der Waals surface area contributed by atoms with Gasteiger partial charge in [0.25, 0.3) is 0 Å². The molecular formula is C30H28N6O5. The van der Waals surface area contributed by atoms with Crippen molar-refractivity contribution in [3.63, 3.8) is 0 Å². The van der Waals surface area contributed by atoms with Crippen LogP contribution >= 0.6 is 0 Å². The van der Waals surface area contributed by atoms with Gasteiger partial charge in [0.15, 0.2) is 0 Å². The van der Waals surface area contributed by atoms with Gasteiger partial charge in [-0.15, -0.1) is 0 Å². The maximum absolute atomic E-state index is 11.9. The van der Waals surface area contributed by atoms with Crippen molar-refractivity contribution in [2.75, 3.05) is 23.1 Å². The first kappa shape index (κ1) is 28.3. The molecule has 0 spiro atoms. The summed E-state index contributed by atoms with van der Waals surface area (Å²) in [5, 5.41) is 9.38. The highest BCUT2D eigenvalue weighted by molar-refractivity contribution is 5.89. The third-order valence-electron chi connectivity index (χ3n) is 5.28. The summed E-state index contributed by atoms with van der Waals surface area (Å²) in [5.41, 5.74) is 2.42. The lowest BCUT2D eigenvalue weighted by Gasteiger charge is -2.13. The summed E-state index contributed by atoms with van der Waals surface area (Å²) in [7, 11) is 1.59. The molecule has 0 fully saturated rings. The Labute approximate surface area is 236 Å². The number of carbonyl (C=O) groups is 2. The predicted octanol–water partition coefficient (Wildman–Crippen LogP) is 6.07. The minimum Gasteiger partial charge on any atom is -0.497 e. The van der Waals surface area contributed by atoms with Crippen LogP contribution in [0.3, 0.4) is 0 Å². The van der Waals surface area contributed by atoms with Crippen LogP contribution in [0.5, 0.6) is 17.2 Å². The zero-order valence-electron chi connectivity index (χ0n) is 22.7. The second kappa shape index (κ2) is 12.9. The van der Waals surface area contributed by atoms with Gasteiger partial charge in [-0.05, 0) is 62.4 Å². The molecule has 0 saturated carbocycles. The number of nitrogens with one attached hydrogen (secondary N) is 3. The summed E-state index contributed by atoms with van der Waals surface area (Å²) in [5.74, 6) is 0.937. The standard InChI is InChI=1S/C30H28N6O5/c1-18(2)26(37)40-24-10-6-8-21(16-24)32-29-34-28(31-20-12-14-23(39-5)15-13-20)35-30(36-29)33-22-9-7-11-25(17-22)41-27(38)19(3)4/h6-17H,1,3H2,2,4-5H3,(H3,31,32,33,34,35,36). The van der Waals surface area contributed by atoms with E-state index in [4.69, 9.17) is 14.2 Å². The third-order valence-corrected chi connectivity index (χ3v) is 5.28. The minimum absolute atomic E-state index is 0.201. The second-order valence-electron chi connectivity index (χ2n) is 8.81. The normalized spacial score (nSPS) is 10.2. The number of nitrogens with zero attached hydrogens (tertiary/aromatic N) is 3. The number of hydrogen-bond acceptors (Lipinski definition) is 11. The van der Waals surface area contributed by atoms with Crippen molar-refractivity contribution in [2.24, 2.45) is 0 Å². The summed E-state index contributed by atoms with van der Waals surface area (Å²) in [4.78, 5) is 37.3. The van der Waals surface area contributed by atoms with Crippen LogP contribution in [0.2, 0.25) is 0 Å². The Bertz CT molecular complexity index is 1510. The molecule has 0 radical (unpaired) electrons. The van der Waals surface area contributed by atoms with E-state index in [1.807, 2.05) is 12.1 Å². The van der Waals surface area contributed by atoms with E-state index in [1.54, 1.807) is 81.6 Å². The van der Waals surface area contributed by atoms with Gasteiger partial charge in [0, 0.05) is 40.3 Å². The van der Waals surface area contributed by atoms with Crippen LogP contribution in [0.4, 0.5) is 34.9 Å². The SMILES string of the molecule is C=C(C)C(=O)Oc1cccc(Nc2nc(Nc3ccc(OC)cc3)nc(Nc3cccc(OC(=O)C(=C)C)c3)n2)c1. The molecule has 4 aromatic rings. The van der Waals surface area contributed by atoms with Gasteiger partial charge < -0.3 is 30.2 Å². The van der Waals surface area contributed by atoms with Crippen molar-refractivity contribution in [1.82, 2.24) is 15.0 Å². The Kier molecular flexibility index (Phi) is 8.90. The molecule has 11 nitrogen and oxygen atoms in total. The number of carbonyl (C=O) groups excluding carboxylic acids is 2. The van der Waals surface area contributed by atoms with E-state index in [-0.39, 0.29) is 29.0 Å². The number of aromatic nitrogens is 3. The Morgan fingerprint density at radius 2 is 1.02 bits per heavy atom. The first-order chi connectivity index (χ1) is 19.7. The molecule has 0 aliphatic rings. The van der Waals surface area contributed by atoms with Gasteiger partial charge in [-0.25, -0.2) is 9.59 Å². The van der Waals surface area contributed by atoms with Crippen molar-refractivity contribution >= 4 is 46.8 Å². The van der Waals surface area contributed by atoms with E-state index in [2.05, 4.69) is 44.1 Å². The number of esters is 2. The summed E-state index contributed by atoms with van der Waals surface area (Å²) in [6, 6.07) is 20.8. The van der Waals surface area contributed by atoms with Gasteiger partial charge in [-0.2, -0.15) is 15.0 Å². The van der Waals surface area contributed by atoms with Gasteiger partial charge in [0.2, 0.25) is 17.8 Å². The highest BCUT2D eigenvalue weighted by atomic mass is 16.5. The molecule has 1 heterocycles. The second-order valence-corrected chi connectivity index (χ2v) is 8.81. The highest BCUT2D eigenvalue weighted by Crippen LogP contribution is 2.25. The average Bonchev–Trinajstić information content (AvgIpc) is 2.93. The first-order valence-corrected chi connectivity index (χ1v) is 12.3. The zero-order valence-corrected chi connectivity index (χ0v) is 22.7. The Morgan fingerprint density at radius 3 is 1.41 bits per heavy atom. The van der Waals surface area contributed by atoms with Crippen LogP contribution in [0.15, 0.2) is 97.1 Å². The molecule has 41 heavy (non-hydrogen) atoms. The van der Waals surface area contributed by atoms with Crippen molar-refractivity contribution in [3.05, 3.63) is 97.1 Å². The van der Waals surface area contributed by atoms with Crippen LogP contribution in [-0.2, 0) is 9.59 Å². The molecule has 0 unspecified atom stereocenters. The lowest BCUT2D eigenvalue weighted by molar-refractivity contribution is -0.130. The topological polar surface area (TPSA) is 137 Å². The molecule has 0 bridgehead atoms. The highest BCUT2D eigenvalue weighted by Gasteiger charge is 2.12. The van der Waals surface area contributed by atoms with E-state index in [1.165, 1.54) is 0 Å². The monoisotopic (exact) mass is 552 g/mol. The number of ether oxygens (including phenoxy) is 3. The lowest BCUT2D eigenvalue weighted by atomic mass is 10.3. The Morgan fingerprint density at radius 1 is 0.610 bits per heavy atom. The number of benzene rings is 3. The smallest absolute Gasteiger partial charge is 0.338 e.